The number of nitrogens with one attached hydrogen (secondary N) is 2. The molecular weight excluding hydrogens is 254 g/mol. The molecule has 106 valence electrons. The minimum Gasteiger partial charge on any atom is -0.437 e. The standard InChI is InChI=1S/C14H19N5O/c1-14(2,3)19-18-12-11(15)13(17-9-16-12)20-10-7-5-4-6-8-10/h4-9,19H,15H2,1-3H3,(H,16,17,18). The number of aromatic nitrogens is 2. The lowest BCUT2D eigenvalue weighted by Crippen LogP contribution is -2.40. The number of nitrogen functional groups attached to an aromatic ring is 1. The molecule has 0 bridgehead atoms. The van der Waals surface area contributed by atoms with Crippen LogP contribution in [0.15, 0.2) is 36.7 Å². The van der Waals surface area contributed by atoms with Crippen LogP contribution in [-0.4, -0.2) is 15.5 Å². The molecule has 0 radical (unpaired) electrons. The van der Waals surface area contributed by atoms with Crippen molar-refractivity contribution in [2.45, 2.75) is 26.3 Å². The summed E-state index contributed by atoms with van der Waals surface area (Å²) in [5.74, 6) is 1.48. The van der Waals surface area contributed by atoms with Crippen LogP contribution in [-0.2, 0) is 0 Å². The summed E-state index contributed by atoms with van der Waals surface area (Å²) < 4.78 is 5.64. The summed E-state index contributed by atoms with van der Waals surface area (Å²) in [6.07, 6.45) is 1.40. The first-order valence-corrected chi connectivity index (χ1v) is 6.32. The summed E-state index contributed by atoms with van der Waals surface area (Å²) in [6, 6.07) is 9.35. The molecule has 20 heavy (non-hydrogen) atoms. The van der Waals surface area contributed by atoms with Gasteiger partial charge in [0.05, 0.1) is 0 Å². The van der Waals surface area contributed by atoms with Gasteiger partial charge < -0.3 is 15.9 Å². The van der Waals surface area contributed by atoms with Gasteiger partial charge in [0.25, 0.3) is 0 Å². The second-order valence-corrected chi connectivity index (χ2v) is 5.36. The van der Waals surface area contributed by atoms with Crippen LogP contribution >= 0.6 is 0 Å². The quantitative estimate of drug-likeness (QED) is 0.742. The van der Waals surface area contributed by atoms with Gasteiger partial charge in [-0.1, -0.05) is 18.2 Å². The van der Waals surface area contributed by atoms with Crippen molar-refractivity contribution in [1.82, 2.24) is 15.4 Å². The topological polar surface area (TPSA) is 85.1 Å². The Bertz CT molecular complexity index is 566. The van der Waals surface area contributed by atoms with E-state index in [2.05, 4.69) is 20.8 Å². The largest absolute Gasteiger partial charge is 0.437 e. The predicted molar refractivity (Wildman–Crippen MR) is 79.5 cm³/mol. The lowest BCUT2D eigenvalue weighted by Gasteiger charge is -2.22. The molecule has 2 aromatic rings. The Balaban J connectivity index is 2.15. The monoisotopic (exact) mass is 273 g/mol. The highest BCUT2D eigenvalue weighted by Gasteiger charge is 2.13. The summed E-state index contributed by atoms with van der Waals surface area (Å²) in [5.41, 5.74) is 12.3. The number of ether oxygens (including phenoxy) is 1. The number of hydrogen-bond donors (Lipinski definition) is 3. The second kappa shape index (κ2) is 5.75. The number of anilines is 2. The summed E-state index contributed by atoms with van der Waals surface area (Å²) in [4.78, 5) is 8.15. The van der Waals surface area contributed by atoms with E-state index < -0.39 is 0 Å². The third kappa shape index (κ3) is 3.83. The van der Waals surface area contributed by atoms with E-state index >= 15 is 0 Å². The molecule has 0 unspecified atom stereocenters. The lowest BCUT2D eigenvalue weighted by molar-refractivity contribution is 0.457. The van der Waals surface area contributed by atoms with Gasteiger partial charge in [0.1, 0.15) is 17.8 Å². The van der Waals surface area contributed by atoms with E-state index in [1.807, 2.05) is 51.1 Å². The minimum atomic E-state index is -0.113. The predicted octanol–water partition coefficient (Wildman–Crippen LogP) is 2.57. The maximum absolute atomic E-state index is 6.01. The Morgan fingerprint density at radius 1 is 1.10 bits per heavy atom. The van der Waals surface area contributed by atoms with E-state index in [9.17, 15) is 0 Å². The van der Waals surface area contributed by atoms with Gasteiger partial charge in [0, 0.05) is 5.54 Å². The number of hydrazine groups is 1. The first-order chi connectivity index (χ1) is 9.46. The summed E-state index contributed by atoms with van der Waals surface area (Å²) in [5, 5.41) is 0. The molecule has 0 spiro atoms. The highest BCUT2D eigenvalue weighted by molar-refractivity contribution is 5.66. The van der Waals surface area contributed by atoms with Crippen LogP contribution in [0.3, 0.4) is 0 Å². The van der Waals surface area contributed by atoms with Crippen LogP contribution in [0.2, 0.25) is 0 Å². The zero-order chi connectivity index (χ0) is 14.6. The summed E-state index contributed by atoms with van der Waals surface area (Å²) >= 11 is 0. The maximum Gasteiger partial charge on any atom is 0.248 e. The zero-order valence-corrected chi connectivity index (χ0v) is 11.8. The zero-order valence-electron chi connectivity index (χ0n) is 11.8. The van der Waals surface area contributed by atoms with Crippen LogP contribution in [0, 0.1) is 0 Å². The van der Waals surface area contributed by atoms with Crippen LogP contribution in [0.5, 0.6) is 11.6 Å². The Hall–Kier alpha value is -2.34. The number of para-hydroxylation sites is 1. The molecular formula is C14H19N5O. The first kappa shape index (κ1) is 14.1. The van der Waals surface area contributed by atoms with Gasteiger partial charge in [-0.3, -0.25) is 0 Å². The molecule has 0 aliphatic rings. The third-order valence-electron chi connectivity index (χ3n) is 2.36. The normalized spacial score (nSPS) is 11.2. The average Bonchev–Trinajstić information content (AvgIpc) is 2.40. The van der Waals surface area contributed by atoms with Gasteiger partial charge in [-0.2, -0.15) is 4.98 Å². The molecule has 6 heteroatoms. The molecule has 2 rings (SSSR count). The molecule has 0 saturated carbocycles. The fourth-order valence-electron chi connectivity index (χ4n) is 1.41. The van der Waals surface area contributed by atoms with E-state index in [4.69, 9.17) is 10.5 Å². The number of benzene rings is 1. The minimum absolute atomic E-state index is 0.113. The van der Waals surface area contributed by atoms with E-state index in [-0.39, 0.29) is 5.54 Å². The highest BCUT2D eigenvalue weighted by atomic mass is 16.5. The number of nitrogens with zero attached hydrogens (tertiary/aromatic N) is 2. The van der Waals surface area contributed by atoms with Gasteiger partial charge in [-0.05, 0) is 32.9 Å². The molecule has 1 heterocycles. The molecule has 0 atom stereocenters. The molecule has 0 amide bonds. The Labute approximate surface area is 118 Å². The van der Waals surface area contributed by atoms with Gasteiger partial charge in [-0.25, -0.2) is 10.4 Å². The molecule has 0 aliphatic heterocycles. The van der Waals surface area contributed by atoms with Gasteiger partial charge in [0.15, 0.2) is 5.82 Å². The fourth-order valence-corrected chi connectivity index (χ4v) is 1.41. The van der Waals surface area contributed by atoms with E-state index in [0.29, 0.717) is 23.1 Å². The number of nitrogens with two attached hydrogens (primary N) is 1. The number of hydrogen-bond acceptors (Lipinski definition) is 6. The Morgan fingerprint density at radius 2 is 1.80 bits per heavy atom. The fraction of sp³-hybridized carbons (Fsp3) is 0.286. The molecule has 6 nitrogen and oxygen atoms in total. The lowest BCUT2D eigenvalue weighted by atomic mass is 10.1. The van der Waals surface area contributed by atoms with Crippen LogP contribution < -0.4 is 21.3 Å². The van der Waals surface area contributed by atoms with Crippen molar-refractivity contribution < 1.29 is 4.74 Å². The van der Waals surface area contributed by atoms with Crippen molar-refractivity contribution in [2.75, 3.05) is 11.2 Å². The van der Waals surface area contributed by atoms with E-state index in [1.54, 1.807) is 0 Å². The van der Waals surface area contributed by atoms with Crippen LogP contribution in [0.4, 0.5) is 11.5 Å². The van der Waals surface area contributed by atoms with Crippen molar-refractivity contribution in [3.8, 4) is 11.6 Å². The van der Waals surface area contributed by atoms with Crippen LogP contribution in [0.1, 0.15) is 20.8 Å². The van der Waals surface area contributed by atoms with Crippen molar-refractivity contribution in [3.63, 3.8) is 0 Å². The van der Waals surface area contributed by atoms with Crippen LogP contribution in [0.25, 0.3) is 0 Å². The Kier molecular flexibility index (Phi) is 4.05. The smallest absolute Gasteiger partial charge is 0.248 e. The van der Waals surface area contributed by atoms with E-state index in [0.717, 1.165) is 0 Å². The molecule has 0 saturated heterocycles. The molecule has 4 N–H and O–H groups in total. The molecule has 0 aliphatic carbocycles. The van der Waals surface area contributed by atoms with Crippen molar-refractivity contribution in [3.05, 3.63) is 36.7 Å². The van der Waals surface area contributed by atoms with Gasteiger partial charge >= 0.3 is 0 Å². The van der Waals surface area contributed by atoms with E-state index in [1.165, 1.54) is 6.33 Å². The maximum atomic E-state index is 6.01. The third-order valence-corrected chi connectivity index (χ3v) is 2.36. The number of rotatable bonds is 4. The molecule has 0 fully saturated rings. The summed E-state index contributed by atoms with van der Waals surface area (Å²) in [7, 11) is 0. The molecule has 1 aromatic heterocycles. The Morgan fingerprint density at radius 3 is 2.45 bits per heavy atom. The average molecular weight is 273 g/mol. The molecule has 1 aromatic carbocycles. The first-order valence-electron chi connectivity index (χ1n) is 6.32. The van der Waals surface area contributed by atoms with Crippen molar-refractivity contribution in [1.29, 1.82) is 0 Å². The van der Waals surface area contributed by atoms with Gasteiger partial charge in [0.2, 0.25) is 5.88 Å². The van der Waals surface area contributed by atoms with Crippen molar-refractivity contribution >= 4 is 11.5 Å². The highest BCUT2D eigenvalue weighted by Crippen LogP contribution is 2.28. The second-order valence-electron chi connectivity index (χ2n) is 5.36. The summed E-state index contributed by atoms with van der Waals surface area (Å²) in [6.45, 7) is 6.08. The SMILES string of the molecule is CC(C)(C)NNc1ncnc(Oc2ccccc2)c1N. The van der Waals surface area contributed by atoms with Crippen molar-refractivity contribution in [2.24, 2.45) is 0 Å². The van der Waals surface area contributed by atoms with Gasteiger partial charge in [-0.15, -0.1) is 0 Å².